The van der Waals surface area contributed by atoms with Crippen molar-refractivity contribution in [1.29, 1.82) is 0 Å². The SMILES string of the molecule is CCCCCCC(Sc1nc(Cl)cc(NCCCC(=O)NCc2ccccc2C(F)(F)F)n1)C(=O)OCC. The second-order valence-corrected chi connectivity index (χ2v) is 10.1. The lowest BCUT2D eigenvalue weighted by Gasteiger charge is -2.15. The average molecular weight is 575 g/mol. The molecule has 0 spiro atoms. The third-order valence-corrected chi connectivity index (χ3v) is 6.78. The Balaban J connectivity index is 1.86. The molecule has 0 aliphatic carbocycles. The number of thioether (sulfide) groups is 1. The molecule has 1 unspecified atom stereocenters. The standard InChI is InChI=1S/C26H34ClF3N4O3S/c1-3-5-6-7-13-20(24(36)37-4-2)38-25-33-21(27)16-22(34-25)31-15-10-14-23(35)32-17-18-11-8-9-12-19(18)26(28,29)30/h8-9,11-12,16,20H,3-7,10,13-15,17H2,1-2H3,(H,32,35)(H,31,33,34). The number of anilines is 1. The number of carbonyl (C=O) groups excluding carboxylic acids is 2. The molecule has 0 bridgehead atoms. The summed E-state index contributed by atoms with van der Waals surface area (Å²) in [4.78, 5) is 33.2. The molecule has 0 radical (unpaired) electrons. The Morgan fingerprint density at radius 2 is 1.87 bits per heavy atom. The van der Waals surface area contributed by atoms with Crippen molar-refractivity contribution < 1.29 is 27.5 Å². The molecule has 0 fully saturated rings. The van der Waals surface area contributed by atoms with Gasteiger partial charge in [-0.2, -0.15) is 13.2 Å². The summed E-state index contributed by atoms with van der Waals surface area (Å²) < 4.78 is 44.5. The smallest absolute Gasteiger partial charge is 0.416 e. The predicted octanol–water partition coefficient (Wildman–Crippen LogP) is 6.65. The predicted molar refractivity (Wildman–Crippen MR) is 143 cm³/mol. The molecule has 12 heteroatoms. The van der Waals surface area contributed by atoms with E-state index >= 15 is 0 Å². The molecule has 0 aliphatic rings. The highest BCUT2D eigenvalue weighted by Gasteiger charge is 2.32. The minimum Gasteiger partial charge on any atom is -0.465 e. The maximum absolute atomic E-state index is 13.1. The second kappa shape index (κ2) is 16.4. The normalized spacial score (nSPS) is 12.2. The van der Waals surface area contributed by atoms with E-state index in [0.29, 0.717) is 30.4 Å². The van der Waals surface area contributed by atoms with E-state index in [1.807, 2.05) is 0 Å². The first-order valence-corrected chi connectivity index (χ1v) is 13.9. The summed E-state index contributed by atoms with van der Waals surface area (Å²) in [6.07, 6.45) is 0.803. The zero-order chi connectivity index (χ0) is 28.0. The molecule has 7 nitrogen and oxygen atoms in total. The maximum Gasteiger partial charge on any atom is 0.416 e. The Morgan fingerprint density at radius 3 is 2.58 bits per heavy atom. The Kier molecular flexibility index (Phi) is 13.7. The fourth-order valence-corrected chi connectivity index (χ4v) is 4.82. The third kappa shape index (κ3) is 11.5. The fraction of sp³-hybridized carbons (Fsp3) is 0.538. The van der Waals surface area contributed by atoms with Gasteiger partial charge in [0.25, 0.3) is 0 Å². The van der Waals surface area contributed by atoms with Crippen LogP contribution in [0.1, 0.15) is 69.9 Å². The van der Waals surface area contributed by atoms with Crippen molar-refractivity contribution in [2.24, 2.45) is 0 Å². The van der Waals surface area contributed by atoms with Crippen molar-refractivity contribution in [2.75, 3.05) is 18.5 Å². The zero-order valence-electron chi connectivity index (χ0n) is 21.6. The molecule has 1 aromatic carbocycles. The highest BCUT2D eigenvalue weighted by molar-refractivity contribution is 8.00. The van der Waals surface area contributed by atoms with Crippen LogP contribution in [0.15, 0.2) is 35.5 Å². The number of nitrogens with one attached hydrogen (secondary N) is 2. The number of amides is 1. The summed E-state index contributed by atoms with van der Waals surface area (Å²) in [6, 6.07) is 6.69. The van der Waals surface area contributed by atoms with Crippen molar-refractivity contribution >= 4 is 41.1 Å². The van der Waals surface area contributed by atoms with Gasteiger partial charge >= 0.3 is 12.1 Å². The lowest BCUT2D eigenvalue weighted by molar-refractivity contribution is -0.142. The number of carbonyl (C=O) groups is 2. The van der Waals surface area contributed by atoms with E-state index in [0.717, 1.165) is 31.7 Å². The molecule has 2 aromatic rings. The van der Waals surface area contributed by atoms with Gasteiger partial charge in [0.15, 0.2) is 5.16 Å². The lowest BCUT2D eigenvalue weighted by atomic mass is 10.1. The van der Waals surface area contributed by atoms with Gasteiger partial charge in [0, 0.05) is 25.6 Å². The van der Waals surface area contributed by atoms with E-state index < -0.39 is 17.0 Å². The molecular formula is C26H34ClF3N4O3S. The minimum atomic E-state index is -4.48. The number of unbranched alkanes of at least 4 members (excludes halogenated alkanes) is 3. The van der Waals surface area contributed by atoms with Crippen LogP contribution in [0.3, 0.4) is 0 Å². The molecule has 1 amide bonds. The van der Waals surface area contributed by atoms with E-state index in [-0.39, 0.29) is 42.2 Å². The summed E-state index contributed by atoms with van der Waals surface area (Å²) in [7, 11) is 0. The number of nitrogens with zero attached hydrogens (tertiary/aromatic N) is 2. The van der Waals surface area contributed by atoms with Crippen molar-refractivity contribution in [1.82, 2.24) is 15.3 Å². The summed E-state index contributed by atoms with van der Waals surface area (Å²) in [5, 5.41) is 5.72. The van der Waals surface area contributed by atoms with Gasteiger partial charge in [-0.05, 0) is 31.4 Å². The molecule has 1 atom stereocenters. The summed E-state index contributed by atoms with van der Waals surface area (Å²) >= 11 is 7.37. The molecular weight excluding hydrogens is 541 g/mol. The van der Waals surface area contributed by atoms with Gasteiger partial charge in [-0.3, -0.25) is 9.59 Å². The van der Waals surface area contributed by atoms with Gasteiger partial charge in [0.2, 0.25) is 5.91 Å². The molecule has 1 heterocycles. The lowest BCUT2D eigenvalue weighted by Crippen LogP contribution is -2.24. The first kappa shape index (κ1) is 31.7. The molecule has 1 aromatic heterocycles. The Hall–Kier alpha value is -2.53. The average Bonchev–Trinajstić information content (AvgIpc) is 2.86. The van der Waals surface area contributed by atoms with Gasteiger partial charge in [-0.15, -0.1) is 0 Å². The Bertz CT molecular complexity index is 1040. The largest absolute Gasteiger partial charge is 0.465 e. The second-order valence-electron chi connectivity index (χ2n) is 8.53. The number of halogens is 4. The van der Waals surface area contributed by atoms with Gasteiger partial charge in [-0.25, -0.2) is 9.97 Å². The Morgan fingerprint density at radius 1 is 1.11 bits per heavy atom. The van der Waals surface area contributed by atoms with Crippen LogP contribution >= 0.6 is 23.4 Å². The fourth-order valence-electron chi connectivity index (χ4n) is 3.58. The van der Waals surface area contributed by atoms with Crippen LogP contribution in [0.25, 0.3) is 0 Å². The van der Waals surface area contributed by atoms with Crippen molar-refractivity contribution in [3.8, 4) is 0 Å². The topological polar surface area (TPSA) is 93.2 Å². The van der Waals surface area contributed by atoms with Crippen LogP contribution in [0.2, 0.25) is 5.15 Å². The number of rotatable bonds is 16. The monoisotopic (exact) mass is 574 g/mol. The van der Waals surface area contributed by atoms with Crippen LogP contribution < -0.4 is 10.6 Å². The quantitative estimate of drug-likeness (QED) is 0.0762. The molecule has 210 valence electrons. The molecule has 0 aliphatic heterocycles. The number of esters is 1. The van der Waals surface area contributed by atoms with Crippen molar-refractivity contribution in [3.05, 3.63) is 46.6 Å². The maximum atomic E-state index is 13.1. The van der Waals surface area contributed by atoms with Crippen LogP contribution in [0, 0.1) is 0 Å². The molecule has 0 saturated heterocycles. The number of alkyl halides is 3. The molecule has 2 N–H and O–H groups in total. The van der Waals surface area contributed by atoms with E-state index in [9.17, 15) is 22.8 Å². The van der Waals surface area contributed by atoms with Crippen LogP contribution in [-0.4, -0.2) is 40.2 Å². The van der Waals surface area contributed by atoms with Crippen molar-refractivity contribution in [2.45, 2.75) is 81.9 Å². The number of aromatic nitrogens is 2. The number of hydrogen-bond donors (Lipinski definition) is 2. The van der Waals surface area contributed by atoms with Crippen LogP contribution in [-0.2, 0) is 27.0 Å². The van der Waals surface area contributed by atoms with E-state index in [1.54, 1.807) is 13.0 Å². The van der Waals surface area contributed by atoms with Gasteiger partial charge in [-0.1, -0.05) is 74.2 Å². The molecule has 38 heavy (non-hydrogen) atoms. The summed E-state index contributed by atoms with van der Waals surface area (Å²) in [5.41, 5.74) is -0.749. The van der Waals surface area contributed by atoms with E-state index in [2.05, 4.69) is 27.5 Å². The number of hydrogen-bond acceptors (Lipinski definition) is 7. The van der Waals surface area contributed by atoms with Gasteiger partial charge < -0.3 is 15.4 Å². The molecule has 2 rings (SSSR count). The highest BCUT2D eigenvalue weighted by Crippen LogP contribution is 2.32. The van der Waals surface area contributed by atoms with Crippen LogP contribution in [0.5, 0.6) is 0 Å². The van der Waals surface area contributed by atoms with Crippen molar-refractivity contribution in [3.63, 3.8) is 0 Å². The number of benzene rings is 1. The number of ether oxygens (including phenoxy) is 1. The first-order valence-electron chi connectivity index (χ1n) is 12.7. The summed E-state index contributed by atoms with van der Waals surface area (Å²) in [6.45, 7) is 4.34. The Labute approximate surface area is 230 Å². The first-order chi connectivity index (χ1) is 18.1. The van der Waals surface area contributed by atoms with E-state index in [1.165, 1.54) is 30.0 Å². The summed E-state index contributed by atoms with van der Waals surface area (Å²) in [5.74, 6) is -0.224. The minimum absolute atomic E-state index is 0.0126. The van der Waals surface area contributed by atoms with E-state index in [4.69, 9.17) is 16.3 Å². The zero-order valence-corrected chi connectivity index (χ0v) is 23.1. The van der Waals surface area contributed by atoms with Gasteiger partial charge in [0.1, 0.15) is 16.2 Å². The van der Waals surface area contributed by atoms with Crippen LogP contribution in [0.4, 0.5) is 19.0 Å². The highest BCUT2D eigenvalue weighted by atomic mass is 35.5. The molecule has 0 saturated carbocycles. The van der Waals surface area contributed by atoms with Gasteiger partial charge in [0.05, 0.1) is 12.2 Å². The third-order valence-electron chi connectivity index (χ3n) is 5.48.